The van der Waals surface area contributed by atoms with Gasteiger partial charge in [-0.05, 0) is 24.6 Å². The molecule has 0 aliphatic carbocycles. The second-order valence-electron chi connectivity index (χ2n) is 7.18. The molecule has 0 radical (unpaired) electrons. The maximum absolute atomic E-state index is 12.8. The number of carbonyl (C=O) groups is 1. The van der Waals surface area contributed by atoms with Gasteiger partial charge in [0.25, 0.3) is 5.56 Å². The third-order valence-electron chi connectivity index (χ3n) is 5.27. The molecule has 0 amide bonds. The smallest absolute Gasteiger partial charge is 0.338 e. The van der Waals surface area contributed by atoms with E-state index in [4.69, 9.17) is 28.3 Å². The lowest BCUT2D eigenvalue weighted by Crippen LogP contribution is -2.23. The molecule has 0 bridgehead atoms. The minimum Gasteiger partial charge on any atom is -0.478 e. The van der Waals surface area contributed by atoms with Crippen molar-refractivity contribution in [2.45, 2.75) is 12.5 Å². The van der Waals surface area contributed by atoms with Gasteiger partial charge in [-0.2, -0.15) is 23.7 Å². The van der Waals surface area contributed by atoms with Crippen LogP contribution in [0.5, 0.6) is 0 Å². The number of anilines is 1. The summed E-state index contributed by atoms with van der Waals surface area (Å²) in [6.45, 7) is 1.43. The third kappa shape index (κ3) is 3.83. The summed E-state index contributed by atoms with van der Waals surface area (Å²) in [4.78, 5) is 33.1. The molecule has 1 aliphatic rings. The van der Waals surface area contributed by atoms with E-state index in [9.17, 15) is 9.59 Å². The summed E-state index contributed by atoms with van der Waals surface area (Å²) >= 11 is 12.2. The van der Waals surface area contributed by atoms with Crippen molar-refractivity contribution in [3.8, 4) is 5.95 Å². The van der Waals surface area contributed by atoms with Crippen LogP contribution in [0.15, 0.2) is 41.6 Å². The Kier molecular flexibility index (Phi) is 5.89. The number of rotatable bonds is 4. The molecule has 1 fully saturated rings. The number of aromatic carboxylic acids is 1. The first kappa shape index (κ1) is 22.2. The van der Waals surface area contributed by atoms with Crippen LogP contribution in [0.4, 0.5) is 5.69 Å². The molecule has 0 spiro atoms. The van der Waals surface area contributed by atoms with Crippen LogP contribution in [0.1, 0.15) is 22.8 Å². The number of hydrogen-bond acceptors (Lipinski definition) is 6. The lowest BCUT2D eigenvalue weighted by Gasteiger charge is -2.19. The second kappa shape index (κ2) is 8.49. The summed E-state index contributed by atoms with van der Waals surface area (Å²) in [6.07, 6.45) is 4.78. The molecule has 1 aliphatic heterocycles. The first-order valence-electron chi connectivity index (χ1n) is 9.36. The molecule has 5 rings (SSSR count). The van der Waals surface area contributed by atoms with Gasteiger partial charge in [0.15, 0.2) is 5.52 Å². The van der Waals surface area contributed by atoms with Gasteiger partial charge in [0, 0.05) is 25.0 Å². The molecule has 1 aromatic carbocycles. The standard InChI is InChI=1S/C19H15Cl2N7O3.H2S/c20-13-2-1-11(5-14(13)21)26-4-3-12(9-26)28-16-15(7-23-28)24-19(25-17(16)29)27-8-10(6-22-27)18(30)31;/h1-2,5-8,12H,3-4,9H2,(H,30,31)(H,24,25,29);1H2/t12-;/m0./s1. The number of nitrogens with one attached hydrogen (secondary N) is 1. The van der Waals surface area contributed by atoms with Gasteiger partial charge in [-0.25, -0.2) is 14.5 Å². The van der Waals surface area contributed by atoms with E-state index in [0.29, 0.717) is 27.6 Å². The van der Waals surface area contributed by atoms with Crippen LogP contribution in [0, 0.1) is 0 Å². The van der Waals surface area contributed by atoms with E-state index in [1.54, 1.807) is 10.7 Å². The van der Waals surface area contributed by atoms with E-state index < -0.39 is 5.97 Å². The van der Waals surface area contributed by atoms with Crippen LogP contribution in [0.2, 0.25) is 10.0 Å². The highest BCUT2D eigenvalue weighted by atomic mass is 35.5. The molecule has 1 atom stereocenters. The van der Waals surface area contributed by atoms with Crippen LogP contribution in [0.3, 0.4) is 0 Å². The largest absolute Gasteiger partial charge is 0.478 e. The summed E-state index contributed by atoms with van der Waals surface area (Å²) < 4.78 is 2.90. The van der Waals surface area contributed by atoms with Crippen LogP contribution in [-0.2, 0) is 0 Å². The molecule has 13 heteroatoms. The predicted octanol–water partition coefficient (Wildman–Crippen LogP) is 2.87. The van der Waals surface area contributed by atoms with Crippen LogP contribution < -0.4 is 10.5 Å². The van der Waals surface area contributed by atoms with Gasteiger partial charge >= 0.3 is 5.97 Å². The van der Waals surface area contributed by atoms with Crippen molar-refractivity contribution in [3.05, 3.63) is 62.8 Å². The Balaban J connectivity index is 0.00000245. The fraction of sp³-hybridized carbons (Fsp3) is 0.211. The molecule has 2 N–H and O–H groups in total. The maximum atomic E-state index is 12.8. The number of nitrogens with zero attached hydrogens (tertiary/aromatic N) is 6. The number of halogens is 2. The van der Waals surface area contributed by atoms with E-state index in [1.807, 2.05) is 12.1 Å². The van der Waals surface area contributed by atoms with E-state index in [0.717, 1.165) is 18.7 Å². The van der Waals surface area contributed by atoms with Gasteiger partial charge in [0.2, 0.25) is 5.95 Å². The van der Waals surface area contributed by atoms with Crippen molar-refractivity contribution in [3.63, 3.8) is 0 Å². The van der Waals surface area contributed by atoms with Gasteiger partial charge in [-0.15, -0.1) is 0 Å². The molecular weight excluding hydrogens is 477 g/mol. The Hall–Kier alpha value is -3.02. The summed E-state index contributed by atoms with van der Waals surface area (Å²) in [5.74, 6) is -0.997. The van der Waals surface area contributed by atoms with Crippen LogP contribution >= 0.6 is 36.7 Å². The van der Waals surface area contributed by atoms with Gasteiger partial charge in [0.1, 0.15) is 5.52 Å². The predicted molar refractivity (Wildman–Crippen MR) is 125 cm³/mol. The fourth-order valence-corrected chi connectivity index (χ4v) is 4.04. The number of aromatic nitrogens is 6. The van der Waals surface area contributed by atoms with Gasteiger partial charge in [-0.1, -0.05) is 23.2 Å². The Morgan fingerprint density at radius 1 is 1.19 bits per heavy atom. The molecular formula is C19H17Cl2N7O3S. The molecule has 4 heterocycles. The molecule has 0 unspecified atom stereocenters. The average molecular weight is 494 g/mol. The van der Waals surface area contributed by atoms with Gasteiger partial charge < -0.3 is 10.0 Å². The zero-order valence-electron chi connectivity index (χ0n) is 16.4. The molecule has 0 saturated carbocycles. The molecule has 10 nitrogen and oxygen atoms in total. The van der Waals surface area contributed by atoms with Crippen molar-refractivity contribution in [1.29, 1.82) is 0 Å². The zero-order valence-corrected chi connectivity index (χ0v) is 18.9. The minimum atomic E-state index is -1.12. The molecule has 4 aromatic rings. The summed E-state index contributed by atoms with van der Waals surface area (Å²) in [7, 11) is 0. The van der Waals surface area contributed by atoms with Crippen LogP contribution in [0.25, 0.3) is 17.0 Å². The van der Waals surface area contributed by atoms with E-state index >= 15 is 0 Å². The number of carboxylic acids is 1. The number of benzene rings is 1. The van der Waals surface area contributed by atoms with Crippen molar-refractivity contribution in [2.24, 2.45) is 0 Å². The topological polar surface area (TPSA) is 122 Å². The highest BCUT2D eigenvalue weighted by Crippen LogP contribution is 2.32. The Bertz CT molecular complexity index is 1380. The summed E-state index contributed by atoms with van der Waals surface area (Å²) in [5, 5.41) is 18.4. The summed E-state index contributed by atoms with van der Waals surface area (Å²) in [6, 6.07) is 5.47. The first-order valence-corrected chi connectivity index (χ1v) is 10.1. The molecule has 3 aromatic heterocycles. The third-order valence-corrected chi connectivity index (χ3v) is 6.01. The fourth-order valence-electron chi connectivity index (χ4n) is 3.75. The van der Waals surface area contributed by atoms with Crippen molar-refractivity contribution in [1.82, 2.24) is 29.5 Å². The lowest BCUT2D eigenvalue weighted by molar-refractivity contribution is 0.0697. The maximum Gasteiger partial charge on any atom is 0.338 e. The monoisotopic (exact) mass is 493 g/mol. The van der Waals surface area contributed by atoms with Crippen molar-refractivity contribution >= 4 is 59.4 Å². The first-order chi connectivity index (χ1) is 14.9. The molecule has 1 saturated heterocycles. The number of aromatic amines is 1. The Morgan fingerprint density at radius 2 is 2.00 bits per heavy atom. The lowest BCUT2D eigenvalue weighted by atomic mass is 10.2. The average Bonchev–Trinajstić information content (AvgIpc) is 3.48. The number of carboxylic acid groups (broad SMARTS) is 1. The normalized spacial score (nSPS) is 15.8. The molecule has 166 valence electrons. The summed E-state index contributed by atoms with van der Waals surface area (Å²) in [5.41, 5.74) is 1.33. The SMILES string of the molecule is O=C(O)c1cnn(-c2nc3cnn([C@H]4CCN(c5ccc(Cl)c(Cl)c5)C4)c3c(=O)[nH]2)c1.S. The molecule has 32 heavy (non-hydrogen) atoms. The Labute approximate surface area is 197 Å². The zero-order chi connectivity index (χ0) is 21.7. The quantitative estimate of drug-likeness (QED) is 0.448. The Morgan fingerprint density at radius 3 is 2.72 bits per heavy atom. The van der Waals surface area contributed by atoms with E-state index in [2.05, 4.69) is 25.1 Å². The second-order valence-corrected chi connectivity index (χ2v) is 7.99. The number of H-pyrrole nitrogens is 1. The number of hydrogen-bond donors (Lipinski definition) is 2. The highest BCUT2D eigenvalue weighted by molar-refractivity contribution is 7.59. The van der Waals surface area contributed by atoms with Crippen molar-refractivity contribution < 1.29 is 9.90 Å². The minimum absolute atomic E-state index is 0. The highest BCUT2D eigenvalue weighted by Gasteiger charge is 2.27. The van der Waals surface area contributed by atoms with Crippen molar-refractivity contribution in [2.75, 3.05) is 18.0 Å². The van der Waals surface area contributed by atoms with Crippen LogP contribution in [-0.4, -0.2) is 53.7 Å². The van der Waals surface area contributed by atoms with Gasteiger partial charge in [-0.3, -0.25) is 14.5 Å². The van der Waals surface area contributed by atoms with E-state index in [1.165, 1.54) is 23.3 Å². The number of fused-ring (bicyclic) bond motifs is 1. The van der Waals surface area contributed by atoms with E-state index in [-0.39, 0.29) is 36.6 Å². The van der Waals surface area contributed by atoms with Gasteiger partial charge in [0.05, 0.1) is 34.0 Å².